The second kappa shape index (κ2) is 10.8. The van der Waals surface area contributed by atoms with Crippen molar-refractivity contribution < 1.29 is 9.47 Å². The Bertz CT molecular complexity index is 1290. The average Bonchev–Trinajstić information content (AvgIpc) is 3.39. The van der Waals surface area contributed by atoms with Crippen molar-refractivity contribution in [2.75, 3.05) is 57.2 Å². The summed E-state index contributed by atoms with van der Waals surface area (Å²) < 4.78 is 10.8. The molecule has 0 aliphatic carbocycles. The van der Waals surface area contributed by atoms with E-state index in [-0.39, 0.29) is 0 Å². The molecule has 3 heterocycles. The van der Waals surface area contributed by atoms with Crippen LogP contribution in [0.15, 0.2) is 48.8 Å². The van der Waals surface area contributed by atoms with Crippen LogP contribution in [0.1, 0.15) is 18.2 Å². The van der Waals surface area contributed by atoms with E-state index in [2.05, 4.69) is 60.4 Å². The molecule has 5 rings (SSSR count). The third-order valence-corrected chi connectivity index (χ3v) is 6.78. The number of likely N-dealkylation sites (N-methyl/N-ethyl adjacent to an activating group) is 1. The zero-order valence-electron chi connectivity index (χ0n) is 21.1. The fourth-order valence-corrected chi connectivity index (χ4v) is 4.63. The summed E-state index contributed by atoms with van der Waals surface area (Å²) in [5, 5.41) is 12.0. The topological polar surface area (TPSA) is 91.4 Å². The van der Waals surface area contributed by atoms with E-state index in [1.165, 1.54) is 5.69 Å². The lowest BCUT2D eigenvalue weighted by Crippen LogP contribution is -2.46. The molecule has 1 fully saturated rings. The standard InChI is InChI=1S/C27H33N7O2/c1-4-33-9-11-34(12-10-33)21-7-8-25-24(16-21)27(29-18-28-25)30-26-15-20(31-32-26)6-5-19-13-22(35-2)17-23(14-19)36-3/h7-8,13-18H,4-6,9-12H2,1-3H3,(H2,28,29,30,31,32). The first-order valence-corrected chi connectivity index (χ1v) is 12.4. The summed E-state index contributed by atoms with van der Waals surface area (Å²) >= 11 is 0. The van der Waals surface area contributed by atoms with Crippen LogP contribution in [0.2, 0.25) is 0 Å². The van der Waals surface area contributed by atoms with Crippen LogP contribution in [0, 0.1) is 0 Å². The number of aromatic amines is 1. The van der Waals surface area contributed by atoms with E-state index in [9.17, 15) is 0 Å². The molecule has 9 heteroatoms. The SMILES string of the molecule is CCN1CCN(c2ccc3ncnc(Nc4cc(CCc5cc(OC)cc(OC)c5)[nH]n4)c3c2)CC1. The molecule has 2 aromatic heterocycles. The minimum Gasteiger partial charge on any atom is -0.497 e. The Hall–Kier alpha value is -3.85. The number of benzene rings is 2. The zero-order chi connectivity index (χ0) is 24.9. The van der Waals surface area contributed by atoms with E-state index >= 15 is 0 Å². The Kier molecular flexibility index (Phi) is 7.18. The summed E-state index contributed by atoms with van der Waals surface area (Å²) in [6, 6.07) is 14.4. The van der Waals surface area contributed by atoms with Crippen LogP contribution in [0.3, 0.4) is 0 Å². The molecular weight excluding hydrogens is 454 g/mol. The van der Waals surface area contributed by atoms with Crippen LogP contribution in [0.5, 0.6) is 11.5 Å². The highest BCUT2D eigenvalue weighted by atomic mass is 16.5. The van der Waals surface area contributed by atoms with E-state index in [0.29, 0.717) is 0 Å². The molecule has 0 spiro atoms. The van der Waals surface area contributed by atoms with Crippen LogP contribution in [-0.4, -0.2) is 72.0 Å². The summed E-state index contributed by atoms with van der Waals surface area (Å²) in [6.45, 7) is 7.55. The number of nitrogens with one attached hydrogen (secondary N) is 2. The van der Waals surface area contributed by atoms with Gasteiger partial charge in [-0.25, -0.2) is 9.97 Å². The van der Waals surface area contributed by atoms with Crippen molar-refractivity contribution in [3.63, 3.8) is 0 Å². The Morgan fingerprint density at radius 2 is 1.69 bits per heavy atom. The second-order valence-corrected chi connectivity index (χ2v) is 8.97. The first-order chi connectivity index (χ1) is 17.6. The predicted octanol–water partition coefficient (Wildman–Crippen LogP) is 4.04. The number of hydrogen-bond donors (Lipinski definition) is 2. The number of fused-ring (bicyclic) bond motifs is 1. The van der Waals surface area contributed by atoms with Crippen molar-refractivity contribution in [1.29, 1.82) is 0 Å². The largest absolute Gasteiger partial charge is 0.497 e. The van der Waals surface area contributed by atoms with Crippen LogP contribution in [-0.2, 0) is 12.8 Å². The number of anilines is 3. The zero-order valence-corrected chi connectivity index (χ0v) is 21.1. The summed E-state index contributed by atoms with van der Waals surface area (Å²) in [4.78, 5) is 13.9. The van der Waals surface area contributed by atoms with Crippen molar-refractivity contribution in [2.45, 2.75) is 19.8 Å². The van der Waals surface area contributed by atoms with Gasteiger partial charge in [0.15, 0.2) is 5.82 Å². The Balaban J connectivity index is 1.29. The maximum atomic E-state index is 5.38. The predicted molar refractivity (Wildman–Crippen MR) is 143 cm³/mol. The normalized spacial score (nSPS) is 14.2. The Labute approximate surface area is 211 Å². The number of aromatic nitrogens is 4. The van der Waals surface area contributed by atoms with Gasteiger partial charge in [0.2, 0.25) is 0 Å². The van der Waals surface area contributed by atoms with Crippen LogP contribution >= 0.6 is 0 Å². The molecule has 0 amide bonds. The van der Waals surface area contributed by atoms with Crippen LogP contribution in [0.25, 0.3) is 10.9 Å². The van der Waals surface area contributed by atoms with E-state index in [1.54, 1.807) is 20.5 Å². The van der Waals surface area contributed by atoms with E-state index < -0.39 is 0 Å². The van der Waals surface area contributed by atoms with Gasteiger partial charge in [0.1, 0.15) is 23.6 Å². The molecule has 1 saturated heterocycles. The van der Waals surface area contributed by atoms with Gasteiger partial charge < -0.3 is 24.6 Å². The molecule has 0 bridgehead atoms. The van der Waals surface area contributed by atoms with Gasteiger partial charge in [-0.05, 0) is 55.3 Å². The highest BCUT2D eigenvalue weighted by molar-refractivity contribution is 5.92. The number of hydrogen-bond acceptors (Lipinski definition) is 8. The summed E-state index contributed by atoms with van der Waals surface area (Å²) in [5.74, 6) is 3.07. The quantitative estimate of drug-likeness (QED) is 0.366. The molecule has 188 valence electrons. The number of piperazine rings is 1. The van der Waals surface area contributed by atoms with Crippen molar-refractivity contribution >= 4 is 28.2 Å². The molecule has 0 atom stereocenters. The molecule has 2 aromatic carbocycles. The summed E-state index contributed by atoms with van der Waals surface area (Å²) in [5.41, 5.74) is 4.29. The maximum absolute atomic E-state index is 5.38. The molecule has 0 radical (unpaired) electrons. The van der Waals surface area contributed by atoms with Gasteiger partial charge in [-0.3, -0.25) is 5.10 Å². The first-order valence-electron chi connectivity index (χ1n) is 12.4. The molecule has 4 aromatic rings. The van der Waals surface area contributed by atoms with E-state index in [4.69, 9.17) is 9.47 Å². The Morgan fingerprint density at radius 3 is 2.42 bits per heavy atom. The van der Waals surface area contributed by atoms with Crippen molar-refractivity contribution in [3.05, 3.63) is 60.0 Å². The number of methoxy groups -OCH3 is 2. The van der Waals surface area contributed by atoms with Gasteiger partial charge in [0.05, 0.1) is 19.7 Å². The molecule has 36 heavy (non-hydrogen) atoms. The average molecular weight is 488 g/mol. The fourth-order valence-electron chi connectivity index (χ4n) is 4.63. The molecule has 1 aliphatic rings. The van der Waals surface area contributed by atoms with Gasteiger partial charge >= 0.3 is 0 Å². The highest BCUT2D eigenvalue weighted by Crippen LogP contribution is 2.28. The summed E-state index contributed by atoms with van der Waals surface area (Å²) in [6.07, 6.45) is 3.23. The fraction of sp³-hybridized carbons (Fsp3) is 0.370. The van der Waals surface area contributed by atoms with E-state index in [1.807, 2.05) is 24.3 Å². The lowest BCUT2D eigenvalue weighted by Gasteiger charge is -2.35. The van der Waals surface area contributed by atoms with Gasteiger partial charge in [-0.15, -0.1) is 0 Å². The lowest BCUT2D eigenvalue weighted by atomic mass is 10.1. The molecule has 0 saturated carbocycles. The molecule has 0 unspecified atom stereocenters. The third-order valence-electron chi connectivity index (χ3n) is 6.78. The first kappa shape index (κ1) is 23.9. The monoisotopic (exact) mass is 487 g/mol. The van der Waals surface area contributed by atoms with Crippen molar-refractivity contribution in [2.24, 2.45) is 0 Å². The van der Waals surface area contributed by atoms with Gasteiger partial charge in [0, 0.05) is 55.1 Å². The molecule has 2 N–H and O–H groups in total. The number of rotatable bonds is 9. The van der Waals surface area contributed by atoms with Crippen LogP contribution < -0.4 is 19.7 Å². The smallest absolute Gasteiger partial charge is 0.153 e. The number of aryl methyl sites for hydroxylation is 2. The lowest BCUT2D eigenvalue weighted by molar-refractivity contribution is 0.271. The number of nitrogens with zero attached hydrogens (tertiary/aromatic N) is 5. The van der Waals surface area contributed by atoms with Gasteiger partial charge in [-0.1, -0.05) is 6.92 Å². The number of ether oxygens (including phenoxy) is 2. The maximum Gasteiger partial charge on any atom is 0.153 e. The van der Waals surface area contributed by atoms with Gasteiger partial charge in [0.25, 0.3) is 0 Å². The highest BCUT2D eigenvalue weighted by Gasteiger charge is 2.17. The molecule has 9 nitrogen and oxygen atoms in total. The molecule has 1 aliphatic heterocycles. The van der Waals surface area contributed by atoms with E-state index in [0.717, 1.165) is 90.9 Å². The van der Waals surface area contributed by atoms with Crippen molar-refractivity contribution in [3.8, 4) is 11.5 Å². The second-order valence-electron chi connectivity index (χ2n) is 8.97. The third kappa shape index (κ3) is 5.36. The minimum atomic E-state index is 0.732. The van der Waals surface area contributed by atoms with Crippen LogP contribution in [0.4, 0.5) is 17.3 Å². The van der Waals surface area contributed by atoms with Crippen molar-refractivity contribution in [1.82, 2.24) is 25.1 Å². The minimum absolute atomic E-state index is 0.732. The molecular formula is C27H33N7O2. The van der Waals surface area contributed by atoms with Gasteiger partial charge in [-0.2, -0.15) is 5.10 Å². The Morgan fingerprint density at radius 1 is 0.917 bits per heavy atom. The number of H-pyrrole nitrogens is 1. The summed E-state index contributed by atoms with van der Waals surface area (Å²) in [7, 11) is 3.33.